The van der Waals surface area contributed by atoms with Gasteiger partial charge in [-0.3, -0.25) is 0 Å². The molecule has 0 aliphatic rings. The normalized spacial score (nSPS) is 9.93. The Morgan fingerprint density at radius 3 is 2.73 bits per heavy atom. The molecule has 0 bridgehead atoms. The third-order valence-electron chi connectivity index (χ3n) is 1.98. The van der Waals surface area contributed by atoms with Crippen LogP contribution in [0.1, 0.15) is 12.0 Å². The number of ether oxygens (including phenoxy) is 1. The van der Waals surface area contributed by atoms with Crippen molar-refractivity contribution in [2.45, 2.75) is 13.0 Å². The van der Waals surface area contributed by atoms with Crippen LogP contribution >= 0.6 is 11.6 Å². The van der Waals surface area contributed by atoms with Gasteiger partial charge in [-0.2, -0.15) is 0 Å². The van der Waals surface area contributed by atoms with Gasteiger partial charge in [0.05, 0.1) is 12.9 Å². The summed E-state index contributed by atoms with van der Waals surface area (Å²) in [6, 6.07) is 7.85. The molecule has 0 aliphatic heterocycles. The summed E-state index contributed by atoms with van der Waals surface area (Å²) in [5, 5.41) is 4.10. The van der Waals surface area contributed by atoms with Gasteiger partial charge in [-0.05, 0) is 30.7 Å². The fourth-order valence-electron chi connectivity index (χ4n) is 1.20. The predicted octanol–water partition coefficient (Wildman–Crippen LogP) is 2.98. The Kier molecular flexibility index (Phi) is 5.90. The summed E-state index contributed by atoms with van der Waals surface area (Å²) in [6.45, 7) is 6.01. The van der Waals surface area contributed by atoms with E-state index in [0.29, 0.717) is 0 Å². The van der Waals surface area contributed by atoms with Gasteiger partial charge in [0.25, 0.3) is 0 Å². The van der Waals surface area contributed by atoms with Crippen molar-refractivity contribution in [1.29, 1.82) is 0 Å². The van der Waals surface area contributed by atoms with Gasteiger partial charge in [-0.1, -0.05) is 30.3 Å². The Hall–Kier alpha value is -0.990. The van der Waals surface area contributed by atoms with E-state index >= 15 is 0 Å². The largest absolute Gasteiger partial charge is 0.502 e. The SMILES string of the molecule is C=COCCCNCc1ccc(Cl)cc1. The molecule has 0 unspecified atom stereocenters. The van der Waals surface area contributed by atoms with Crippen molar-refractivity contribution in [2.24, 2.45) is 0 Å². The molecule has 3 heteroatoms. The lowest BCUT2D eigenvalue weighted by Crippen LogP contribution is -2.15. The first-order valence-electron chi connectivity index (χ1n) is 5.00. The average Bonchev–Trinajstić information content (AvgIpc) is 2.26. The molecule has 0 aromatic heterocycles. The number of halogens is 1. The summed E-state index contributed by atoms with van der Waals surface area (Å²) >= 11 is 5.78. The first-order chi connectivity index (χ1) is 7.33. The van der Waals surface area contributed by atoms with Crippen molar-refractivity contribution in [1.82, 2.24) is 5.32 Å². The van der Waals surface area contributed by atoms with Gasteiger partial charge in [0, 0.05) is 11.6 Å². The molecule has 0 fully saturated rings. The third-order valence-corrected chi connectivity index (χ3v) is 2.23. The lowest BCUT2D eigenvalue weighted by atomic mass is 10.2. The highest BCUT2D eigenvalue weighted by molar-refractivity contribution is 6.30. The molecule has 0 atom stereocenters. The quantitative estimate of drug-likeness (QED) is 0.569. The Morgan fingerprint density at radius 1 is 1.33 bits per heavy atom. The Bertz CT molecular complexity index is 284. The predicted molar refractivity (Wildman–Crippen MR) is 63.9 cm³/mol. The first-order valence-corrected chi connectivity index (χ1v) is 5.38. The highest BCUT2D eigenvalue weighted by Crippen LogP contribution is 2.08. The highest BCUT2D eigenvalue weighted by atomic mass is 35.5. The summed E-state index contributed by atoms with van der Waals surface area (Å²) in [7, 11) is 0. The second kappa shape index (κ2) is 7.32. The van der Waals surface area contributed by atoms with E-state index in [1.165, 1.54) is 11.8 Å². The second-order valence-electron chi connectivity index (χ2n) is 3.19. The van der Waals surface area contributed by atoms with Gasteiger partial charge in [0.15, 0.2) is 0 Å². The first kappa shape index (κ1) is 12.1. The molecular formula is C12H16ClNO. The molecule has 1 aromatic rings. The zero-order valence-corrected chi connectivity index (χ0v) is 9.46. The average molecular weight is 226 g/mol. The monoisotopic (exact) mass is 225 g/mol. The van der Waals surface area contributed by atoms with Gasteiger partial charge >= 0.3 is 0 Å². The standard InChI is InChI=1S/C12H16ClNO/c1-2-15-9-3-8-14-10-11-4-6-12(13)7-5-11/h2,4-7,14H,1,3,8-10H2. The fourth-order valence-corrected chi connectivity index (χ4v) is 1.32. The van der Waals surface area contributed by atoms with Gasteiger partial charge in [0.2, 0.25) is 0 Å². The topological polar surface area (TPSA) is 21.3 Å². The molecule has 0 saturated carbocycles. The minimum absolute atomic E-state index is 0.719. The molecule has 1 rings (SSSR count). The molecule has 1 aromatic carbocycles. The van der Waals surface area contributed by atoms with Gasteiger partial charge in [0.1, 0.15) is 0 Å². The van der Waals surface area contributed by atoms with E-state index in [2.05, 4.69) is 11.9 Å². The smallest absolute Gasteiger partial charge is 0.0885 e. The van der Waals surface area contributed by atoms with Crippen LogP contribution in [0.25, 0.3) is 0 Å². The molecule has 2 nitrogen and oxygen atoms in total. The molecule has 1 N–H and O–H groups in total. The van der Waals surface area contributed by atoms with Crippen LogP contribution in [0.3, 0.4) is 0 Å². The molecule has 0 saturated heterocycles. The van der Waals surface area contributed by atoms with Crippen molar-refractivity contribution in [3.8, 4) is 0 Å². The Labute approximate surface area is 95.9 Å². The molecule has 0 radical (unpaired) electrons. The van der Waals surface area contributed by atoms with Crippen LogP contribution in [0.2, 0.25) is 5.02 Å². The van der Waals surface area contributed by atoms with Gasteiger partial charge < -0.3 is 10.1 Å². The number of benzene rings is 1. The molecule has 0 amide bonds. The van der Waals surface area contributed by atoms with Crippen molar-refractivity contribution in [2.75, 3.05) is 13.2 Å². The number of hydrogen-bond donors (Lipinski definition) is 1. The maximum absolute atomic E-state index is 5.78. The van der Waals surface area contributed by atoms with Gasteiger partial charge in [-0.15, -0.1) is 0 Å². The van der Waals surface area contributed by atoms with E-state index in [-0.39, 0.29) is 0 Å². The van der Waals surface area contributed by atoms with Crippen LogP contribution in [-0.2, 0) is 11.3 Å². The number of nitrogens with one attached hydrogen (secondary N) is 1. The van der Waals surface area contributed by atoms with Gasteiger partial charge in [-0.25, -0.2) is 0 Å². The Morgan fingerprint density at radius 2 is 2.07 bits per heavy atom. The fraction of sp³-hybridized carbons (Fsp3) is 0.333. The van der Waals surface area contributed by atoms with Crippen LogP contribution in [0.15, 0.2) is 37.1 Å². The lowest BCUT2D eigenvalue weighted by molar-refractivity contribution is 0.244. The molecule has 15 heavy (non-hydrogen) atoms. The summed E-state index contributed by atoms with van der Waals surface area (Å²) in [6.07, 6.45) is 2.46. The number of hydrogen-bond acceptors (Lipinski definition) is 2. The molecule has 0 aliphatic carbocycles. The zero-order valence-electron chi connectivity index (χ0n) is 8.71. The Balaban J connectivity index is 2.09. The van der Waals surface area contributed by atoms with E-state index in [4.69, 9.17) is 16.3 Å². The summed E-state index contributed by atoms with van der Waals surface area (Å²) < 4.78 is 5.01. The van der Waals surface area contributed by atoms with Crippen molar-refractivity contribution in [3.63, 3.8) is 0 Å². The van der Waals surface area contributed by atoms with Crippen molar-refractivity contribution >= 4 is 11.6 Å². The van der Waals surface area contributed by atoms with Crippen LogP contribution < -0.4 is 5.32 Å². The van der Waals surface area contributed by atoms with Crippen LogP contribution in [0.5, 0.6) is 0 Å². The zero-order chi connectivity index (χ0) is 10.9. The second-order valence-corrected chi connectivity index (χ2v) is 3.63. The molecular weight excluding hydrogens is 210 g/mol. The lowest BCUT2D eigenvalue weighted by Gasteiger charge is -2.04. The minimum atomic E-state index is 0.719. The van der Waals surface area contributed by atoms with Crippen LogP contribution in [0, 0.1) is 0 Å². The minimum Gasteiger partial charge on any atom is -0.502 e. The maximum atomic E-state index is 5.78. The van der Waals surface area contributed by atoms with E-state index in [9.17, 15) is 0 Å². The van der Waals surface area contributed by atoms with E-state index < -0.39 is 0 Å². The van der Waals surface area contributed by atoms with E-state index in [0.717, 1.165) is 31.1 Å². The molecule has 0 heterocycles. The van der Waals surface area contributed by atoms with E-state index in [1.54, 1.807) is 0 Å². The van der Waals surface area contributed by atoms with Crippen LogP contribution in [0.4, 0.5) is 0 Å². The number of rotatable bonds is 7. The van der Waals surface area contributed by atoms with Crippen molar-refractivity contribution < 1.29 is 4.74 Å². The van der Waals surface area contributed by atoms with E-state index in [1.807, 2.05) is 24.3 Å². The summed E-state index contributed by atoms with van der Waals surface area (Å²) in [5.74, 6) is 0. The molecule has 0 spiro atoms. The summed E-state index contributed by atoms with van der Waals surface area (Å²) in [4.78, 5) is 0. The summed E-state index contributed by atoms with van der Waals surface area (Å²) in [5.41, 5.74) is 1.24. The highest BCUT2D eigenvalue weighted by Gasteiger charge is 1.92. The van der Waals surface area contributed by atoms with Crippen molar-refractivity contribution in [3.05, 3.63) is 47.7 Å². The molecule has 82 valence electrons. The maximum Gasteiger partial charge on any atom is 0.0885 e. The third kappa shape index (κ3) is 5.45. The van der Waals surface area contributed by atoms with Crippen LogP contribution in [-0.4, -0.2) is 13.2 Å².